The minimum Gasteiger partial charge on any atom is -0.385 e. The molecule has 1 aromatic rings. The van der Waals surface area contributed by atoms with Crippen LogP contribution in [0.4, 0.5) is 0 Å². The number of hydrogen-bond acceptors (Lipinski definition) is 2. The molecule has 2 nitrogen and oxygen atoms in total. The van der Waals surface area contributed by atoms with Gasteiger partial charge in [-0.2, -0.15) is 0 Å². The lowest BCUT2D eigenvalue weighted by Crippen LogP contribution is -2.30. The van der Waals surface area contributed by atoms with Gasteiger partial charge in [0, 0.05) is 6.54 Å². The Balaban J connectivity index is 2.24. The smallest absolute Gasteiger partial charge is 0.0911 e. The summed E-state index contributed by atoms with van der Waals surface area (Å²) in [5, 5.41) is 11.2. The summed E-state index contributed by atoms with van der Waals surface area (Å²) in [6, 6.07) is 4.43. The highest BCUT2D eigenvalue weighted by atomic mass is 16.3. The molecule has 112 valence electrons. The lowest BCUT2D eigenvalue weighted by Gasteiger charge is -2.30. The third-order valence-electron chi connectivity index (χ3n) is 4.79. The van der Waals surface area contributed by atoms with Crippen molar-refractivity contribution < 1.29 is 5.11 Å². The number of likely N-dealkylation sites (tertiary alicyclic amines) is 1. The molecule has 1 heterocycles. The van der Waals surface area contributed by atoms with Crippen LogP contribution in [0.2, 0.25) is 0 Å². The standard InChI is InChI=1S/C18H29NO/c1-5-9-19-10-6-7-18(20,8-11-19)17-13-15(3)14(2)12-16(17)4/h12-13,20H,5-11H2,1-4H3. The van der Waals surface area contributed by atoms with Crippen LogP contribution in [0.3, 0.4) is 0 Å². The third-order valence-corrected chi connectivity index (χ3v) is 4.79. The fourth-order valence-electron chi connectivity index (χ4n) is 3.45. The van der Waals surface area contributed by atoms with Gasteiger partial charge in [-0.15, -0.1) is 0 Å². The molecule has 1 atom stereocenters. The number of aryl methyl sites for hydroxylation is 3. The molecule has 1 N–H and O–H groups in total. The molecule has 1 aromatic carbocycles. The highest BCUT2D eigenvalue weighted by Crippen LogP contribution is 2.35. The Bertz CT molecular complexity index is 469. The molecule has 2 heteroatoms. The van der Waals surface area contributed by atoms with E-state index in [9.17, 15) is 5.11 Å². The van der Waals surface area contributed by atoms with Gasteiger partial charge in [-0.3, -0.25) is 0 Å². The van der Waals surface area contributed by atoms with Crippen molar-refractivity contribution in [1.29, 1.82) is 0 Å². The topological polar surface area (TPSA) is 23.5 Å². The zero-order valence-corrected chi connectivity index (χ0v) is 13.5. The minimum atomic E-state index is -0.634. The first-order valence-electron chi connectivity index (χ1n) is 7.99. The fourth-order valence-corrected chi connectivity index (χ4v) is 3.45. The Kier molecular flexibility index (Phi) is 4.87. The molecule has 0 aromatic heterocycles. The Morgan fingerprint density at radius 1 is 1.05 bits per heavy atom. The van der Waals surface area contributed by atoms with Crippen molar-refractivity contribution >= 4 is 0 Å². The predicted molar refractivity (Wildman–Crippen MR) is 85.1 cm³/mol. The summed E-state index contributed by atoms with van der Waals surface area (Å²) in [7, 11) is 0. The molecule has 0 amide bonds. The maximum atomic E-state index is 11.2. The Hall–Kier alpha value is -0.860. The summed E-state index contributed by atoms with van der Waals surface area (Å²) in [5.41, 5.74) is 4.36. The van der Waals surface area contributed by atoms with Gasteiger partial charge >= 0.3 is 0 Å². The van der Waals surface area contributed by atoms with E-state index in [1.165, 1.54) is 23.1 Å². The van der Waals surface area contributed by atoms with Crippen molar-refractivity contribution in [3.8, 4) is 0 Å². The first-order valence-corrected chi connectivity index (χ1v) is 7.99. The van der Waals surface area contributed by atoms with Crippen molar-refractivity contribution in [3.63, 3.8) is 0 Å². The predicted octanol–water partition coefficient (Wildman–Crippen LogP) is 3.70. The molecule has 2 rings (SSSR count). The second-order valence-corrected chi connectivity index (χ2v) is 6.48. The molecular weight excluding hydrogens is 246 g/mol. The van der Waals surface area contributed by atoms with E-state index in [2.05, 4.69) is 44.7 Å². The number of hydrogen-bond donors (Lipinski definition) is 1. The van der Waals surface area contributed by atoms with Crippen LogP contribution in [0, 0.1) is 20.8 Å². The van der Waals surface area contributed by atoms with Gasteiger partial charge in [0.25, 0.3) is 0 Å². The average Bonchev–Trinajstić information content (AvgIpc) is 2.58. The molecule has 0 spiro atoms. The van der Waals surface area contributed by atoms with Gasteiger partial charge in [-0.05, 0) is 81.8 Å². The minimum absolute atomic E-state index is 0.634. The van der Waals surface area contributed by atoms with Crippen LogP contribution < -0.4 is 0 Å². The summed E-state index contributed by atoms with van der Waals surface area (Å²) < 4.78 is 0. The van der Waals surface area contributed by atoms with Gasteiger partial charge in [0.15, 0.2) is 0 Å². The summed E-state index contributed by atoms with van der Waals surface area (Å²) in [6.45, 7) is 11.9. The first-order chi connectivity index (χ1) is 9.46. The zero-order chi connectivity index (χ0) is 14.8. The van der Waals surface area contributed by atoms with Gasteiger partial charge in [-0.1, -0.05) is 19.1 Å². The second-order valence-electron chi connectivity index (χ2n) is 6.48. The lowest BCUT2D eigenvalue weighted by atomic mass is 9.82. The zero-order valence-electron chi connectivity index (χ0n) is 13.5. The van der Waals surface area contributed by atoms with Crippen LogP contribution in [0.15, 0.2) is 12.1 Å². The molecule has 20 heavy (non-hydrogen) atoms. The van der Waals surface area contributed by atoms with Crippen LogP contribution in [0.25, 0.3) is 0 Å². The van der Waals surface area contributed by atoms with Crippen LogP contribution in [0.5, 0.6) is 0 Å². The molecule has 0 aliphatic carbocycles. The van der Waals surface area contributed by atoms with Gasteiger partial charge < -0.3 is 10.0 Å². The third kappa shape index (κ3) is 3.24. The summed E-state index contributed by atoms with van der Waals surface area (Å²) in [6.07, 6.45) is 4.02. The maximum absolute atomic E-state index is 11.2. The summed E-state index contributed by atoms with van der Waals surface area (Å²) >= 11 is 0. The van der Waals surface area contributed by atoms with E-state index < -0.39 is 5.60 Å². The van der Waals surface area contributed by atoms with Gasteiger partial charge in [0.05, 0.1) is 5.60 Å². The molecule has 1 aliphatic heterocycles. The Labute approximate surface area is 123 Å². The van der Waals surface area contributed by atoms with E-state index in [1.54, 1.807) is 0 Å². The Morgan fingerprint density at radius 3 is 2.45 bits per heavy atom. The number of benzene rings is 1. The number of nitrogens with zero attached hydrogens (tertiary/aromatic N) is 1. The second kappa shape index (κ2) is 6.28. The van der Waals surface area contributed by atoms with Crippen LogP contribution in [0.1, 0.15) is 54.9 Å². The lowest BCUT2D eigenvalue weighted by molar-refractivity contribution is 0.0206. The molecule has 0 bridgehead atoms. The molecule has 1 fully saturated rings. The maximum Gasteiger partial charge on any atom is 0.0911 e. The molecular formula is C18H29NO. The van der Waals surface area contributed by atoms with Gasteiger partial charge in [-0.25, -0.2) is 0 Å². The number of aliphatic hydroxyl groups is 1. The largest absolute Gasteiger partial charge is 0.385 e. The van der Waals surface area contributed by atoms with Crippen molar-refractivity contribution in [2.45, 2.75) is 59.0 Å². The van der Waals surface area contributed by atoms with Crippen LogP contribution in [-0.2, 0) is 5.60 Å². The SMILES string of the molecule is CCCN1CCCC(O)(c2cc(C)c(C)cc2C)CC1. The quantitative estimate of drug-likeness (QED) is 0.909. The van der Waals surface area contributed by atoms with Gasteiger partial charge in [0.2, 0.25) is 0 Å². The average molecular weight is 275 g/mol. The molecule has 0 saturated carbocycles. The fraction of sp³-hybridized carbons (Fsp3) is 0.667. The van der Waals surface area contributed by atoms with E-state index in [1.807, 2.05) is 0 Å². The molecule has 1 saturated heterocycles. The van der Waals surface area contributed by atoms with E-state index in [0.717, 1.165) is 44.5 Å². The monoisotopic (exact) mass is 275 g/mol. The highest BCUT2D eigenvalue weighted by molar-refractivity contribution is 5.39. The van der Waals surface area contributed by atoms with E-state index in [0.29, 0.717) is 0 Å². The van der Waals surface area contributed by atoms with E-state index in [-0.39, 0.29) is 0 Å². The molecule has 1 unspecified atom stereocenters. The van der Waals surface area contributed by atoms with Crippen molar-refractivity contribution in [1.82, 2.24) is 4.90 Å². The van der Waals surface area contributed by atoms with Crippen molar-refractivity contribution in [2.24, 2.45) is 0 Å². The number of rotatable bonds is 3. The summed E-state index contributed by atoms with van der Waals surface area (Å²) in [4.78, 5) is 2.49. The highest BCUT2D eigenvalue weighted by Gasteiger charge is 2.33. The van der Waals surface area contributed by atoms with Crippen LogP contribution >= 0.6 is 0 Å². The van der Waals surface area contributed by atoms with E-state index in [4.69, 9.17) is 0 Å². The van der Waals surface area contributed by atoms with Gasteiger partial charge in [0.1, 0.15) is 0 Å². The molecule has 1 aliphatic rings. The van der Waals surface area contributed by atoms with E-state index >= 15 is 0 Å². The molecule has 0 radical (unpaired) electrons. The first kappa shape index (κ1) is 15.5. The van der Waals surface area contributed by atoms with Crippen molar-refractivity contribution in [3.05, 3.63) is 34.4 Å². The Morgan fingerprint density at radius 2 is 1.75 bits per heavy atom. The van der Waals surface area contributed by atoms with Crippen LogP contribution in [-0.4, -0.2) is 29.6 Å². The normalized spacial score (nSPS) is 24.6. The summed E-state index contributed by atoms with van der Waals surface area (Å²) in [5.74, 6) is 0. The van der Waals surface area contributed by atoms with Crippen molar-refractivity contribution in [2.75, 3.05) is 19.6 Å².